The fourth-order valence-corrected chi connectivity index (χ4v) is 16.8. The molecule has 0 aliphatic carbocycles. The molecule has 13 nitrogen and oxygen atoms in total. The number of hydrogen-bond donors (Lipinski definition) is 0. The molecule has 0 bridgehead atoms. The zero-order valence-electron chi connectivity index (χ0n) is 58.7. The first-order chi connectivity index (χ1) is 54.5. The summed E-state index contributed by atoms with van der Waals surface area (Å²) in [6.07, 6.45) is 0. The minimum atomic E-state index is 0.604. The highest BCUT2D eigenvalue weighted by Crippen LogP contribution is 2.46. The first-order valence-electron chi connectivity index (χ1n) is 36.9. The average Bonchev–Trinajstić information content (AvgIpc) is 1.53. The monoisotopic (exact) mass is 1400 g/mol. The van der Waals surface area contributed by atoms with Gasteiger partial charge in [0.15, 0.2) is 28.9 Å². The molecule has 8 heterocycles. The van der Waals surface area contributed by atoms with Crippen molar-refractivity contribution < 1.29 is 0 Å². The fourth-order valence-electron chi connectivity index (χ4n) is 16.8. The molecule has 0 aliphatic heterocycles. The quantitative estimate of drug-likeness (QED) is 0.131. The minimum absolute atomic E-state index is 0.604. The van der Waals surface area contributed by atoms with Crippen molar-refractivity contribution in [1.29, 1.82) is 0 Å². The molecule has 0 radical (unpaired) electrons. The molecule has 23 aromatic rings. The minimum Gasteiger partial charge on any atom is -0.278 e. The molecule has 0 saturated heterocycles. The lowest BCUT2D eigenvalue weighted by molar-refractivity contribution is 0.981. The van der Waals surface area contributed by atoms with Crippen LogP contribution in [0.15, 0.2) is 346 Å². The van der Waals surface area contributed by atoms with Gasteiger partial charge in [0.1, 0.15) is 5.65 Å². The Morgan fingerprint density at radius 3 is 1.16 bits per heavy atom. The van der Waals surface area contributed by atoms with E-state index in [1.54, 1.807) is 0 Å². The standard InChI is InChI=1S/C97H57N13/c1-4-26-59(27-5-1)90-98-81(57-82(99-90)74-56-76-69-37-16-21-47-84(69)107(89(76)71-39-13-11-35-67(71)74)96-102-77-42-17-14-40-72(77)94-100-78-43-18-22-48-85(78)109(94)96)64-33-24-32-63(54-64)65-41-25-45-80-87(65)95-101-79-44-19-23-49-86(79)110(95)97(103-80)108-83-46-20-15-36-68(83)75-55-73(66-34-10-12-38-70(66)88(75)108)58-50-52-62(53-51-58)93-105-91(60-28-6-2-7-29-60)104-92(106-93)61-30-8-3-9-31-61/h1-57H. The second kappa shape index (κ2) is 24.2. The summed E-state index contributed by atoms with van der Waals surface area (Å²) >= 11 is 0. The molecular weight excluding hydrogens is 1350 g/mol. The molecule has 110 heavy (non-hydrogen) atoms. The van der Waals surface area contributed by atoms with Crippen molar-refractivity contribution in [2.24, 2.45) is 0 Å². The van der Waals surface area contributed by atoms with Gasteiger partial charge in [-0.15, -0.1) is 0 Å². The molecule has 0 N–H and O–H groups in total. The van der Waals surface area contributed by atoms with E-state index in [1.165, 1.54) is 0 Å². The Bertz CT molecular complexity index is 7720. The van der Waals surface area contributed by atoms with E-state index < -0.39 is 0 Å². The lowest BCUT2D eigenvalue weighted by Crippen LogP contribution is -2.07. The Labute approximate surface area is 627 Å². The van der Waals surface area contributed by atoms with Crippen molar-refractivity contribution in [2.45, 2.75) is 0 Å². The summed E-state index contributed by atoms with van der Waals surface area (Å²) in [4.78, 5) is 48.4. The van der Waals surface area contributed by atoms with Crippen molar-refractivity contribution in [2.75, 3.05) is 0 Å². The second-order valence-electron chi connectivity index (χ2n) is 28.0. The Hall–Kier alpha value is -15.2. The summed E-state index contributed by atoms with van der Waals surface area (Å²) in [6.45, 7) is 0. The maximum absolute atomic E-state index is 5.86. The van der Waals surface area contributed by atoms with Gasteiger partial charge in [0.25, 0.3) is 0 Å². The molecule has 0 atom stereocenters. The van der Waals surface area contributed by atoms with Crippen LogP contribution in [-0.4, -0.2) is 62.8 Å². The zero-order valence-corrected chi connectivity index (χ0v) is 58.7. The number of para-hydroxylation sites is 7. The number of benzene rings is 15. The van der Waals surface area contributed by atoms with E-state index in [-0.39, 0.29) is 0 Å². The number of imidazole rings is 2. The van der Waals surface area contributed by atoms with E-state index in [4.69, 9.17) is 44.9 Å². The summed E-state index contributed by atoms with van der Waals surface area (Å²) in [5.74, 6) is 3.96. The normalized spacial score (nSPS) is 12.0. The van der Waals surface area contributed by atoms with Gasteiger partial charge in [0.05, 0.1) is 71.9 Å². The van der Waals surface area contributed by atoms with E-state index in [1.807, 2.05) is 91.0 Å². The highest BCUT2D eigenvalue weighted by molar-refractivity contribution is 6.24. The second-order valence-corrected chi connectivity index (χ2v) is 28.0. The molecule has 8 aromatic heterocycles. The molecule has 23 rings (SSSR count). The Kier molecular flexibility index (Phi) is 13.4. The van der Waals surface area contributed by atoms with E-state index in [9.17, 15) is 0 Å². The number of fused-ring (bicyclic) bond motifs is 20. The third-order valence-electron chi connectivity index (χ3n) is 21.8. The molecule has 0 fully saturated rings. The number of aromatic nitrogens is 13. The van der Waals surface area contributed by atoms with Gasteiger partial charge in [-0.3, -0.25) is 17.9 Å². The fraction of sp³-hybridized carbons (Fsp3) is 0. The predicted octanol–water partition coefficient (Wildman–Crippen LogP) is 23.2. The van der Waals surface area contributed by atoms with Gasteiger partial charge in [-0.25, -0.2) is 44.9 Å². The maximum Gasteiger partial charge on any atom is 0.221 e. The van der Waals surface area contributed by atoms with Gasteiger partial charge >= 0.3 is 0 Å². The summed E-state index contributed by atoms with van der Waals surface area (Å²) in [6, 6.07) is 121. The van der Waals surface area contributed by atoms with Gasteiger partial charge in [-0.05, 0) is 112 Å². The van der Waals surface area contributed by atoms with E-state index in [0.29, 0.717) is 23.3 Å². The molecule has 13 heteroatoms. The van der Waals surface area contributed by atoms with Crippen molar-refractivity contribution in [1.82, 2.24) is 62.8 Å². The van der Waals surface area contributed by atoms with E-state index >= 15 is 0 Å². The molecule has 510 valence electrons. The number of hydrogen-bond acceptors (Lipinski definition) is 9. The van der Waals surface area contributed by atoms with Gasteiger partial charge in [0, 0.05) is 71.1 Å². The summed E-state index contributed by atoms with van der Waals surface area (Å²) < 4.78 is 9.20. The number of rotatable bonds is 10. The first kappa shape index (κ1) is 61.1. The van der Waals surface area contributed by atoms with Crippen LogP contribution in [0.4, 0.5) is 0 Å². The predicted molar refractivity (Wildman–Crippen MR) is 446 cm³/mol. The van der Waals surface area contributed by atoms with Crippen molar-refractivity contribution in [3.8, 4) is 102 Å². The van der Waals surface area contributed by atoms with Crippen LogP contribution < -0.4 is 0 Å². The molecule has 15 aromatic carbocycles. The van der Waals surface area contributed by atoms with E-state index in [0.717, 1.165) is 199 Å². The van der Waals surface area contributed by atoms with Crippen molar-refractivity contribution >= 4 is 120 Å². The van der Waals surface area contributed by atoms with E-state index in [2.05, 4.69) is 273 Å². The maximum atomic E-state index is 5.86. The molecular formula is C97H57N13. The Morgan fingerprint density at radius 1 is 0.191 bits per heavy atom. The summed E-state index contributed by atoms with van der Waals surface area (Å²) in [7, 11) is 0. The SMILES string of the molecule is c1ccc(-c2nc(-c3cccc(-c4cccc5nc(-n6c7ccccc7c7cc(-c8ccc(-c9nc(-c%10ccccc%10)nc(-c%10ccccc%10)n9)cc8)c8ccccc8c76)n6c7ccccc7nc6c45)c3)cc(-c3cc4c5ccccc5n(-c5nc6ccccc6c6nc7ccccc7n56)c4c4ccccc34)n2)cc1. The van der Waals surface area contributed by atoms with Crippen LogP contribution in [0.2, 0.25) is 0 Å². The third-order valence-corrected chi connectivity index (χ3v) is 21.8. The van der Waals surface area contributed by atoms with Crippen LogP contribution in [0.5, 0.6) is 0 Å². The largest absolute Gasteiger partial charge is 0.278 e. The zero-order chi connectivity index (χ0) is 72.1. The summed E-state index contributed by atoms with van der Waals surface area (Å²) in [5.41, 5.74) is 22.5. The lowest BCUT2D eigenvalue weighted by Gasteiger charge is -2.16. The van der Waals surface area contributed by atoms with Gasteiger partial charge in [-0.1, -0.05) is 267 Å². The van der Waals surface area contributed by atoms with Gasteiger partial charge in [-0.2, -0.15) is 0 Å². The van der Waals surface area contributed by atoms with Crippen molar-refractivity contribution in [3.63, 3.8) is 0 Å². The van der Waals surface area contributed by atoms with Crippen LogP contribution in [0.25, 0.3) is 223 Å². The highest BCUT2D eigenvalue weighted by atomic mass is 15.2. The Balaban J connectivity index is 0.679. The van der Waals surface area contributed by atoms with Crippen molar-refractivity contribution in [3.05, 3.63) is 346 Å². The molecule has 0 unspecified atom stereocenters. The summed E-state index contributed by atoms with van der Waals surface area (Å²) in [5, 5.41) is 10.6. The molecule has 0 amide bonds. The van der Waals surface area contributed by atoms with Gasteiger partial charge in [0.2, 0.25) is 11.9 Å². The molecule has 0 spiro atoms. The van der Waals surface area contributed by atoms with Crippen LogP contribution in [0.3, 0.4) is 0 Å². The molecule has 0 aliphatic rings. The smallest absolute Gasteiger partial charge is 0.221 e. The topological polar surface area (TPSA) is 135 Å². The van der Waals surface area contributed by atoms with Crippen LogP contribution >= 0.6 is 0 Å². The third kappa shape index (κ3) is 9.44. The first-order valence-corrected chi connectivity index (χ1v) is 36.9. The Morgan fingerprint density at radius 2 is 0.582 bits per heavy atom. The van der Waals surface area contributed by atoms with Crippen LogP contribution in [0.1, 0.15) is 0 Å². The van der Waals surface area contributed by atoms with Gasteiger partial charge < -0.3 is 0 Å². The lowest BCUT2D eigenvalue weighted by atomic mass is 9.94. The molecule has 0 saturated carbocycles. The average molecular weight is 1400 g/mol. The van der Waals surface area contributed by atoms with Crippen LogP contribution in [0, 0.1) is 0 Å². The number of nitrogens with zero attached hydrogens (tertiary/aromatic N) is 13. The van der Waals surface area contributed by atoms with Crippen LogP contribution in [-0.2, 0) is 0 Å². The highest BCUT2D eigenvalue weighted by Gasteiger charge is 2.28.